The van der Waals surface area contributed by atoms with Crippen molar-refractivity contribution in [2.24, 2.45) is 5.73 Å². The number of nitrogens with zero attached hydrogens (tertiary/aromatic N) is 2. The second-order valence-corrected chi connectivity index (χ2v) is 5.45. The van der Waals surface area contributed by atoms with E-state index in [9.17, 15) is 4.79 Å². The summed E-state index contributed by atoms with van der Waals surface area (Å²) in [6.45, 7) is 6.52. The summed E-state index contributed by atoms with van der Waals surface area (Å²) < 4.78 is 0. The molecule has 21 heavy (non-hydrogen) atoms. The number of amides is 1. The summed E-state index contributed by atoms with van der Waals surface area (Å²) in [5.41, 5.74) is 7.82. The molecule has 0 aliphatic rings. The van der Waals surface area contributed by atoms with E-state index >= 15 is 0 Å². The van der Waals surface area contributed by atoms with Gasteiger partial charge in [-0.15, -0.1) is 11.3 Å². The maximum absolute atomic E-state index is 12.1. The number of thiazole rings is 1. The van der Waals surface area contributed by atoms with E-state index in [-0.39, 0.29) is 5.91 Å². The van der Waals surface area contributed by atoms with Crippen molar-refractivity contribution >= 4 is 28.6 Å². The van der Waals surface area contributed by atoms with E-state index in [4.69, 9.17) is 5.73 Å². The summed E-state index contributed by atoms with van der Waals surface area (Å²) in [4.78, 5) is 18.5. The van der Waals surface area contributed by atoms with Gasteiger partial charge in [0.1, 0.15) is 10.7 Å². The average molecular weight is 304 g/mol. The molecule has 0 bridgehead atoms. The Morgan fingerprint density at radius 3 is 2.48 bits per heavy atom. The number of nitrogens with two attached hydrogens (primary N) is 1. The largest absolute Gasteiger partial charge is 0.372 e. The van der Waals surface area contributed by atoms with Crippen molar-refractivity contribution in [1.82, 2.24) is 4.98 Å². The first kappa shape index (κ1) is 15.5. The van der Waals surface area contributed by atoms with Crippen LogP contribution < -0.4 is 16.0 Å². The molecule has 1 aromatic carbocycles. The van der Waals surface area contributed by atoms with Crippen LogP contribution in [0.2, 0.25) is 0 Å². The quantitative estimate of drug-likeness (QED) is 0.861. The highest BCUT2D eigenvalue weighted by Crippen LogP contribution is 2.18. The Labute approximate surface area is 128 Å². The first-order valence-corrected chi connectivity index (χ1v) is 7.86. The van der Waals surface area contributed by atoms with Gasteiger partial charge in [0.15, 0.2) is 0 Å². The van der Waals surface area contributed by atoms with Crippen LogP contribution in [0.1, 0.15) is 29.3 Å². The van der Waals surface area contributed by atoms with Crippen LogP contribution in [0.5, 0.6) is 0 Å². The van der Waals surface area contributed by atoms with Crippen LogP contribution in [0.4, 0.5) is 11.4 Å². The number of hydrogen-bond donors (Lipinski definition) is 2. The van der Waals surface area contributed by atoms with E-state index in [1.165, 1.54) is 11.3 Å². The fourth-order valence-corrected chi connectivity index (χ4v) is 2.70. The lowest BCUT2D eigenvalue weighted by Gasteiger charge is -2.21. The molecule has 1 amide bonds. The third-order valence-electron chi connectivity index (χ3n) is 3.21. The standard InChI is InChI=1S/C15H20N4OS/c1-3-19(4-2)12-7-5-11(6-8-12)17-15(20)13-10-21-14(9-16)18-13/h5-8,10H,3-4,9,16H2,1-2H3,(H,17,20). The highest BCUT2D eigenvalue weighted by atomic mass is 32.1. The van der Waals surface area contributed by atoms with Crippen molar-refractivity contribution in [3.63, 3.8) is 0 Å². The number of nitrogens with one attached hydrogen (secondary N) is 1. The summed E-state index contributed by atoms with van der Waals surface area (Å²) in [5, 5.41) is 5.33. The molecule has 0 atom stereocenters. The maximum Gasteiger partial charge on any atom is 0.275 e. The number of rotatable bonds is 6. The predicted molar refractivity (Wildman–Crippen MR) is 88.0 cm³/mol. The van der Waals surface area contributed by atoms with Crippen LogP contribution in [0.25, 0.3) is 0 Å². The Hall–Kier alpha value is -1.92. The zero-order valence-corrected chi connectivity index (χ0v) is 13.1. The van der Waals surface area contributed by atoms with E-state index in [2.05, 4.69) is 29.0 Å². The molecule has 2 rings (SSSR count). The number of aromatic nitrogens is 1. The second-order valence-electron chi connectivity index (χ2n) is 4.50. The lowest BCUT2D eigenvalue weighted by Crippen LogP contribution is -2.21. The fourth-order valence-electron chi connectivity index (χ4n) is 2.05. The number of hydrogen-bond acceptors (Lipinski definition) is 5. The van der Waals surface area contributed by atoms with Gasteiger partial charge in [-0.25, -0.2) is 4.98 Å². The molecule has 3 N–H and O–H groups in total. The van der Waals surface area contributed by atoms with E-state index in [0.29, 0.717) is 12.2 Å². The number of benzene rings is 1. The molecule has 5 nitrogen and oxygen atoms in total. The van der Waals surface area contributed by atoms with Crippen molar-refractivity contribution in [3.05, 3.63) is 40.3 Å². The lowest BCUT2D eigenvalue weighted by atomic mass is 10.2. The van der Waals surface area contributed by atoms with E-state index in [1.54, 1.807) is 5.38 Å². The Kier molecular flexibility index (Phi) is 5.30. The van der Waals surface area contributed by atoms with Crippen molar-refractivity contribution in [3.8, 4) is 0 Å². The van der Waals surface area contributed by atoms with Gasteiger partial charge in [0, 0.05) is 36.4 Å². The van der Waals surface area contributed by atoms with Gasteiger partial charge in [-0.1, -0.05) is 0 Å². The van der Waals surface area contributed by atoms with E-state index in [0.717, 1.165) is 29.5 Å². The Morgan fingerprint density at radius 2 is 1.95 bits per heavy atom. The lowest BCUT2D eigenvalue weighted by molar-refractivity contribution is 0.102. The molecule has 1 aromatic heterocycles. The summed E-state index contributed by atoms with van der Waals surface area (Å²) in [6.07, 6.45) is 0. The molecular weight excluding hydrogens is 284 g/mol. The molecule has 0 fully saturated rings. The minimum absolute atomic E-state index is 0.207. The van der Waals surface area contributed by atoms with Gasteiger partial charge in [0.05, 0.1) is 0 Å². The topological polar surface area (TPSA) is 71.2 Å². The second kappa shape index (κ2) is 7.19. The van der Waals surface area contributed by atoms with Crippen LogP contribution in [0, 0.1) is 0 Å². The van der Waals surface area contributed by atoms with Gasteiger partial charge in [-0.3, -0.25) is 4.79 Å². The van der Waals surface area contributed by atoms with E-state index in [1.807, 2.05) is 24.3 Å². The summed E-state index contributed by atoms with van der Waals surface area (Å²) in [7, 11) is 0. The highest BCUT2D eigenvalue weighted by Gasteiger charge is 2.10. The molecule has 0 radical (unpaired) electrons. The average Bonchev–Trinajstić information content (AvgIpc) is 2.99. The molecule has 112 valence electrons. The van der Waals surface area contributed by atoms with Crippen LogP contribution in [-0.2, 0) is 6.54 Å². The summed E-state index contributed by atoms with van der Waals surface area (Å²) in [6, 6.07) is 7.83. The molecule has 0 saturated carbocycles. The van der Waals surface area contributed by atoms with Gasteiger partial charge < -0.3 is 16.0 Å². The zero-order chi connectivity index (χ0) is 15.2. The first-order valence-electron chi connectivity index (χ1n) is 6.98. The third-order valence-corrected chi connectivity index (χ3v) is 4.08. The molecule has 6 heteroatoms. The third kappa shape index (κ3) is 3.80. The SMILES string of the molecule is CCN(CC)c1ccc(NC(=O)c2csc(CN)n2)cc1. The molecule has 0 aliphatic heterocycles. The summed E-state index contributed by atoms with van der Waals surface area (Å²) in [5.74, 6) is -0.207. The smallest absolute Gasteiger partial charge is 0.275 e. The molecule has 1 heterocycles. The van der Waals surface area contributed by atoms with Crippen LogP contribution >= 0.6 is 11.3 Å². The van der Waals surface area contributed by atoms with Crippen LogP contribution in [-0.4, -0.2) is 24.0 Å². The Bertz CT molecular complexity index is 590. The Morgan fingerprint density at radius 1 is 1.29 bits per heavy atom. The molecule has 0 unspecified atom stereocenters. The van der Waals surface area contributed by atoms with Crippen LogP contribution in [0.15, 0.2) is 29.6 Å². The number of carbonyl (C=O) groups is 1. The van der Waals surface area contributed by atoms with Gasteiger partial charge in [0.25, 0.3) is 5.91 Å². The number of carbonyl (C=O) groups excluding carboxylic acids is 1. The molecule has 0 aliphatic carbocycles. The normalized spacial score (nSPS) is 10.4. The minimum atomic E-state index is -0.207. The van der Waals surface area contributed by atoms with Crippen molar-refractivity contribution in [2.45, 2.75) is 20.4 Å². The molecule has 0 saturated heterocycles. The minimum Gasteiger partial charge on any atom is -0.372 e. The highest BCUT2D eigenvalue weighted by molar-refractivity contribution is 7.09. The van der Waals surface area contributed by atoms with Crippen molar-refractivity contribution in [2.75, 3.05) is 23.3 Å². The monoisotopic (exact) mass is 304 g/mol. The number of anilines is 2. The van der Waals surface area contributed by atoms with E-state index < -0.39 is 0 Å². The summed E-state index contributed by atoms with van der Waals surface area (Å²) >= 11 is 1.40. The van der Waals surface area contributed by atoms with Gasteiger partial charge in [-0.2, -0.15) is 0 Å². The molecule has 2 aromatic rings. The van der Waals surface area contributed by atoms with Crippen LogP contribution in [0.3, 0.4) is 0 Å². The molecule has 0 spiro atoms. The first-order chi connectivity index (χ1) is 10.2. The zero-order valence-electron chi connectivity index (χ0n) is 12.3. The molecular formula is C15H20N4OS. The van der Waals surface area contributed by atoms with Crippen molar-refractivity contribution in [1.29, 1.82) is 0 Å². The van der Waals surface area contributed by atoms with Gasteiger partial charge in [-0.05, 0) is 38.1 Å². The van der Waals surface area contributed by atoms with Gasteiger partial charge in [0.2, 0.25) is 0 Å². The fraction of sp³-hybridized carbons (Fsp3) is 0.333. The van der Waals surface area contributed by atoms with Gasteiger partial charge >= 0.3 is 0 Å². The Balaban J connectivity index is 2.04. The maximum atomic E-state index is 12.1. The predicted octanol–water partition coefficient (Wildman–Crippen LogP) is 2.70. The van der Waals surface area contributed by atoms with Crippen molar-refractivity contribution < 1.29 is 4.79 Å².